The average Bonchev–Trinajstić information content (AvgIpc) is 3.28. The third-order valence-electron chi connectivity index (χ3n) is 10.7. The fourth-order valence-electron chi connectivity index (χ4n) is 7.26. The van der Waals surface area contributed by atoms with Crippen LogP contribution in [0.2, 0.25) is 10.0 Å². The molecule has 66 heavy (non-hydrogen) atoms. The van der Waals surface area contributed by atoms with Gasteiger partial charge in [0.15, 0.2) is 0 Å². The van der Waals surface area contributed by atoms with Crippen molar-refractivity contribution in [2.24, 2.45) is 0 Å². The van der Waals surface area contributed by atoms with Crippen LogP contribution in [0.4, 0.5) is 0 Å². The number of nitrogens with zero attached hydrogens (tertiary/aromatic N) is 2. The molecule has 4 amide bonds. The van der Waals surface area contributed by atoms with E-state index in [-0.39, 0.29) is 22.9 Å². The molecule has 6 aromatic carbocycles. The lowest BCUT2D eigenvalue weighted by Gasteiger charge is -2.32. The van der Waals surface area contributed by atoms with Crippen LogP contribution in [0.5, 0.6) is 0 Å². The number of rotatable bonds is 14. The summed E-state index contributed by atoms with van der Waals surface area (Å²) in [5.41, 5.74) is 5.14. The van der Waals surface area contributed by atoms with Crippen LogP contribution in [0.3, 0.4) is 0 Å². The first-order chi connectivity index (χ1) is 31.4. The smallest absolute Gasteiger partial charge is 0.294 e. The summed E-state index contributed by atoms with van der Waals surface area (Å²) < 4.78 is 59.1. The summed E-state index contributed by atoms with van der Waals surface area (Å²) in [7, 11) is -8.04. The van der Waals surface area contributed by atoms with Gasteiger partial charge in [-0.15, -0.1) is 0 Å². The maximum atomic E-state index is 13.5. The van der Waals surface area contributed by atoms with E-state index < -0.39 is 43.9 Å². The van der Waals surface area contributed by atoms with Crippen molar-refractivity contribution in [1.29, 1.82) is 0 Å². The van der Waals surface area contributed by atoms with Crippen LogP contribution in [0.25, 0.3) is 10.8 Å². The maximum Gasteiger partial charge on any atom is 0.294 e. The minimum absolute atomic E-state index is 0.0666. The summed E-state index contributed by atoms with van der Waals surface area (Å²) in [6.45, 7) is 6.46. The second-order valence-electron chi connectivity index (χ2n) is 15.4. The highest BCUT2D eigenvalue weighted by atomic mass is 35.5. The lowest BCUT2D eigenvalue weighted by atomic mass is 9.86. The summed E-state index contributed by atoms with van der Waals surface area (Å²) >= 11 is 12.4. The number of carbonyl (C=O) groups is 4. The maximum absolute atomic E-state index is 13.5. The van der Waals surface area contributed by atoms with Crippen LogP contribution < -0.4 is 10.6 Å². The van der Waals surface area contributed by atoms with Crippen molar-refractivity contribution in [3.05, 3.63) is 176 Å². The molecule has 14 nitrogen and oxygen atoms in total. The molecule has 0 bridgehead atoms. The number of benzene rings is 6. The Hall–Kier alpha value is -5.82. The van der Waals surface area contributed by atoms with Crippen LogP contribution in [-0.4, -0.2) is 85.5 Å². The fourth-order valence-corrected chi connectivity index (χ4v) is 8.62. The number of nitrogens with one attached hydrogen (secondary N) is 2. The Labute approximate surface area is 393 Å². The van der Waals surface area contributed by atoms with Crippen molar-refractivity contribution in [1.82, 2.24) is 20.4 Å². The molecule has 2 aliphatic heterocycles. The minimum atomic E-state index is -4.02. The van der Waals surface area contributed by atoms with Gasteiger partial charge in [-0.05, 0) is 112 Å². The molecule has 6 aromatic rings. The number of halogens is 2. The topological polar surface area (TPSA) is 208 Å². The molecular weight excluding hydrogens is 928 g/mol. The third kappa shape index (κ3) is 11.9. The van der Waals surface area contributed by atoms with Crippen molar-refractivity contribution in [3.8, 4) is 0 Å². The number of hydrogen-bond acceptors (Lipinski definition) is 10. The van der Waals surface area contributed by atoms with E-state index in [2.05, 4.69) is 10.6 Å². The monoisotopic (exact) mass is 972 g/mol. The number of carbonyl (C=O) groups excluding carboxylic acids is 4. The number of aryl methyl sites for hydroxylation is 2. The van der Waals surface area contributed by atoms with E-state index in [0.717, 1.165) is 22.3 Å². The van der Waals surface area contributed by atoms with Gasteiger partial charge in [0.25, 0.3) is 43.9 Å². The first-order valence-corrected chi connectivity index (χ1v) is 24.3. The molecule has 0 unspecified atom stereocenters. The molecule has 18 heteroatoms. The molecule has 4 N–H and O–H groups in total. The van der Waals surface area contributed by atoms with Crippen LogP contribution in [0.15, 0.2) is 131 Å². The molecule has 0 aliphatic carbocycles. The third-order valence-corrected chi connectivity index (χ3v) is 13.2. The standard InChI is InChI=1S/C34H30Cl2N4O4.2C7H8O3S/c35-27-9-3-1-7-21(27)19-37-15-5-17-39-31(41)23-11-13-25-30-26(14-12-24(29(23)30)32(39)42)34(44)40(33(25)43)18-6-16-38-20-22-8-2-4-10-28(22)36;2*1-6-2-4-7(5-3-6)11(8,9)10/h1-4,7-14,37-38H,5-6,15-20H2;2*2-5H,1H3,(H,8,9,10). The largest absolute Gasteiger partial charge is 0.313 e. The molecule has 0 radical (unpaired) electrons. The van der Waals surface area contributed by atoms with Gasteiger partial charge in [-0.3, -0.25) is 38.1 Å². The van der Waals surface area contributed by atoms with E-state index in [0.29, 0.717) is 82.1 Å². The van der Waals surface area contributed by atoms with Crippen LogP contribution >= 0.6 is 23.2 Å². The van der Waals surface area contributed by atoms with Gasteiger partial charge in [-0.2, -0.15) is 16.8 Å². The van der Waals surface area contributed by atoms with Gasteiger partial charge in [-0.1, -0.05) is 95.0 Å². The Bertz CT molecular complexity index is 2750. The summed E-state index contributed by atoms with van der Waals surface area (Å²) in [5.74, 6) is -1.71. The van der Waals surface area contributed by atoms with Gasteiger partial charge in [0.05, 0.1) is 9.79 Å². The minimum Gasteiger partial charge on any atom is -0.313 e. The van der Waals surface area contributed by atoms with Crippen LogP contribution in [-0.2, 0) is 33.3 Å². The van der Waals surface area contributed by atoms with E-state index in [4.69, 9.17) is 32.3 Å². The molecule has 0 saturated heterocycles. The molecule has 0 spiro atoms. The van der Waals surface area contributed by atoms with Gasteiger partial charge >= 0.3 is 0 Å². The summed E-state index contributed by atoms with van der Waals surface area (Å²) in [4.78, 5) is 56.3. The summed E-state index contributed by atoms with van der Waals surface area (Å²) in [5, 5.41) is 8.73. The fraction of sp³-hybridized carbons (Fsp3) is 0.208. The Morgan fingerprint density at radius 2 is 0.773 bits per heavy atom. The van der Waals surface area contributed by atoms with E-state index in [1.165, 1.54) is 34.1 Å². The quantitative estimate of drug-likeness (QED) is 0.0463. The second-order valence-corrected chi connectivity index (χ2v) is 19.1. The van der Waals surface area contributed by atoms with Gasteiger partial charge < -0.3 is 10.6 Å². The molecule has 2 aliphatic rings. The van der Waals surface area contributed by atoms with Crippen molar-refractivity contribution < 1.29 is 45.1 Å². The number of amides is 4. The summed E-state index contributed by atoms with van der Waals surface area (Å²) in [6.07, 6.45) is 1.10. The van der Waals surface area contributed by atoms with E-state index >= 15 is 0 Å². The van der Waals surface area contributed by atoms with Gasteiger partial charge in [0.2, 0.25) is 0 Å². The summed E-state index contributed by atoms with van der Waals surface area (Å²) in [6, 6.07) is 33.5. The Morgan fingerprint density at radius 3 is 1.06 bits per heavy atom. The highest BCUT2D eigenvalue weighted by Crippen LogP contribution is 2.38. The lowest BCUT2D eigenvalue weighted by molar-refractivity contribution is 0.0587. The van der Waals surface area contributed by atoms with Crippen LogP contribution in [0.1, 0.15) is 76.5 Å². The Kier molecular flexibility index (Phi) is 16.3. The van der Waals surface area contributed by atoms with Gasteiger partial charge in [0, 0.05) is 69.3 Å². The van der Waals surface area contributed by atoms with Crippen molar-refractivity contribution in [2.45, 2.75) is 49.6 Å². The van der Waals surface area contributed by atoms with Crippen LogP contribution in [0, 0.1) is 13.8 Å². The number of imide groups is 2. The second kappa shape index (κ2) is 21.7. The van der Waals surface area contributed by atoms with E-state index in [1.807, 2.05) is 62.4 Å². The molecule has 344 valence electrons. The zero-order chi connectivity index (χ0) is 47.8. The molecule has 0 aromatic heterocycles. The first-order valence-electron chi connectivity index (χ1n) is 20.7. The lowest BCUT2D eigenvalue weighted by Crippen LogP contribution is -2.44. The molecule has 0 atom stereocenters. The average molecular weight is 974 g/mol. The molecule has 0 fully saturated rings. The van der Waals surface area contributed by atoms with Gasteiger partial charge in [0.1, 0.15) is 0 Å². The highest BCUT2D eigenvalue weighted by Gasteiger charge is 2.39. The molecule has 0 saturated carbocycles. The highest BCUT2D eigenvalue weighted by molar-refractivity contribution is 7.86. The van der Waals surface area contributed by atoms with Crippen molar-refractivity contribution in [3.63, 3.8) is 0 Å². The predicted octanol–water partition coefficient (Wildman–Crippen LogP) is 8.18. The zero-order valence-corrected chi connectivity index (χ0v) is 39.0. The molecule has 8 rings (SSSR count). The number of hydrogen-bond donors (Lipinski definition) is 4. The van der Waals surface area contributed by atoms with Crippen molar-refractivity contribution >= 4 is 77.8 Å². The SMILES string of the molecule is Cc1ccc(S(=O)(=O)O)cc1.Cc1ccc(S(=O)(=O)O)cc1.O=C1c2ccc3c4c(ccc(c24)C(=O)N1CCCNCc1ccccc1Cl)C(=O)N(CCCNCc1ccccc1Cl)C3=O. The van der Waals surface area contributed by atoms with Crippen molar-refractivity contribution in [2.75, 3.05) is 26.2 Å². The Morgan fingerprint density at radius 1 is 0.470 bits per heavy atom. The normalized spacial score (nSPS) is 13.3. The van der Waals surface area contributed by atoms with E-state index in [1.54, 1.807) is 48.5 Å². The first kappa shape index (κ1) is 49.6. The zero-order valence-electron chi connectivity index (χ0n) is 35.8. The molecular formula is C48H46Cl2N4O10S2. The molecule has 2 heterocycles. The van der Waals surface area contributed by atoms with E-state index in [9.17, 15) is 36.0 Å². The van der Waals surface area contributed by atoms with Gasteiger partial charge in [-0.25, -0.2) is 0 Å². The Balaban J connectivity index is 0.000000266. The predicted molar refractivity (Wildman–Crippen MR) is 252 cm³/mol.